The molecule has 1 saturated carbocycles. The molecular weight excluding hydrogens is 276 g/mol. The van der Waals surface area contributed by atoms with Crippen molar-refractivity contribution in [3.63, 3.8) is 0 Å². The molecule has 1 aliphatic carbocycles. The summed E-state index contributed by atoms with van der Waals surface area (Å²) in [6.45, 7) is 4.91. The first kappa shape index (κ1) is 15.5. The van der Waals surface area contributed by atoms with E-state index < -0.39 is 10.0 Å². The van der Waals surface area contributed by atoms with Crippen molar-refractivity contribution >= 4 is 10.0 Å². The lowest BCUT2D eigenvalue weighted by molar-refractivity contribution is 0.297. The number of likely N-dealkylation sites (N-methyl/N-ethyl adjacent to an activating group) is 1. The molecule has 0 saturated heterocycles. The van der Waals surface area contributed by atoms with Crippen LogP contribution in [0.25, 0.3) is 0 Å². The smallest absolute Gasteiger partial charge is 0.243 e. The minimum atomic E-state index is -3.40. The van der Waals surface area contributed by atoms with E-state index >= 15 is 0 Å². The van der Waals surface area contributed by atoms with Gasteiger partial charge in [-0.3, -0.25) is 4.68 Å². The molecular formula is C13H24N4O2S. The molecule has 0 aromatic carbocycles. The molecule has 0 unspecified atom stereocenters. The van der Waals surface area contributed by atoms with Crippen molar-refractivity contribution in [2.24, 2.45) is 5.92 Å². The van der Waals surface area contributed by atoms with Crippen molar-refractivity contribution < 1.29 is 8.42 Å². The summed E-state index contributed by atoms with van der Waals surface area (Å²) in [7, 11) is -3.40. The van der Waals surface area contributed by atoms with Crippen LogP contribution in [0.15, 0.2) is 17.3 Å². The van der Waals surface area contributed by atoms with Gasteiger partial charge < -0.3 is 5.32 Å². The third-order valence-corrected chi connectivity index (χ3v) is 5.17. The topological polar surface area (TPSA) is 76.0 Å². The van der Waals surface area contributed by atoms with Crippen molar-refractivity contribution in [1.29, 1.82) is 0 Å². The van der Waals surface area contributed by atoms with Crippen molar-refractivity contribution in [2.45, 2.75) is 44.0 Å². The summed E-state index contributed by atoms with van der Waals surface area (Å²) >= 11 is 0. The molecule has 0 bridgehead atoms. The zero-order valence-corrected chi connectivity index (χ0v) is 12.8. The van der Waals surface area contributed by atoms with Gasteiger partial charge in [-0.25, -0.2) is 13.1 Å². The van der Waals surface area contributed by atoms with Gasteiger partial charge in [-0.2, -0.15) is 5.10 Å². The quantitative estimate of drug-likeness (QED) is 0.666. The van der Waals surface area contributed by atoms with Crippen LogP contribution in [-0.2, 0) is 16.6 Å². The summed E-state index contributed by atoms with van der Waals surface area (Å²) in [5, 5.41) is 7.26. The summed E-state index contributed by atoms with van der Waals surface area (Å²) in [6, 6.07) is 0. The number of nitrogens with one attached hydrogen (secondary N) is 2. The zero-order valence-electron chi connectivity index (χ0n) is 12.0. The lowest BCUT2D eigenvalue weighted by Gasteiger charge is -2.24. The third kappa shape index (κ3) is 4.29. The standard InChI is InChI=1S/C13H24N4O2S/c1-2-14-8-9-17-11-13(10-15-17)20(18,19)16-7-6-12-4-3-5-12/h10-12,14,16H,2-9H2,1H3. The van der Waals surface area contributed by atoms with Crippen LogP contribution in [0.2, 0.25) is 0 Å². The molecule has 0 radical (unpaired) electrons. The molecule has 2 rings (SSSR count). The highest BCUT2D eigenvalue weighted by Gasteiger charge is 2.20. The van der Waals surface area contributed by atoms with Crippen LogP contribution < -0.4 is 10.0 Å². The molecule has 0 amide bonds. The summed E-state index contributed by atoms with van der Waals surface area (Å²) in [4.78, 5) is 0.252. The van der Waals surface area contributed by atoms with E-state index in [4.69, 9.17) is 0 Å². The first-order valence-electron chi connectivity index (χ1n) is 7.34. The van der Waals surface area contributed by atoms with Gasteiger partial charge in [0, 0.05) is 19.3 Å². The predicted molar refractivity (Wildman–Crippen MR) is 77.9 cm³/mol. The number of aromatic nitrogens is 2. The number of hydrogen-bond acceptors (Lipinski definition) is 4. The van der Waals surface area contributed by atoms with Crippen LogP contribution in [0.1, 0.15) is 32.6 Å². The largest absolute Gasteiger partial charge is 0.315 e. The maximum atomic E-state index is 12.1. The average molecular weight is 300 g/mol. The number of hydrogen-bond donors (Lipinski definition) is 2. The van der Waals surface area contributed by atoms with Gasteiger partial charge in [0.1, 0.15) is 4.90 Å². The molecule has 0 atom stereocenters. The Morgan fingerprint density at radius 3 is 2.85 bits per heavy atom. The van der Waals surface area contributed by atoms with Gasteiger partial charge in [0.15, 0.2) is 0 Å². The molecule has 1 aliphatic rings. The molecule has 2 N–H and O–H groups in total. The molecule has 114 valence electrons. The fraction of sp³-hybridized carbons (Fsp3) is 0.769. The van der Waals surface area contributed by atoms with Crippen LogP contribution in [0.5, 0.6) is 0 Å². The Labute approximate surface area is 121 Å². The zero-order chi connectivity index (χ0) is 14.4. The van der Waals surface area contributed by atoms with Crippen molar-refractivity contribution in [1.82, 2.24) is 19.8 Å². The van der Waals surface area contributed by atoms with E-state index in [1.807, 2.05) is 6.92 Å². The second-order valence-electron chi connectivity index (χ2n) is 5.28. The van der Waals surface area contributed by atoms with Crippen molar-refractivity contribution in [3.8, 4) is 0 Å². The van der Waals surface area contributed by atoms with Gasteiger partial charge >= 0.3 is 0 Å². The lowest BCUT2D eigenvalue weighted by Crippen LogP contribution is -2.27. The van der Waals surface area contributed by atoms with Crippen LogP contribution >= 0.6 is 0 Å². The van der Waals surface area contributed by atoms with E-state index in [9.17, 15) is 8.42 Å². The maximum Gasteiger partial charge on any atom is 0.243 e. The number of sulfonamides is 1. The fourth-order valence-corrected chi connectivity index (χ4v) is 3.24. The van der Waals surface area contributed by atoms with Crippen LogP contribution in [0.3, 0.4) is 0 Å². The lowest BCUT2D eigenvalue weighted by atomic mass is 9.83. The molecule has 1 aromatic heterocycles. The first-order chi connectivity index (χ1) is 9.62. The van der Waals surface area contributed by atoms with Gasteiger partial charge in [0.25, 0.3) is 0 Å². The van der Waals surface area contributed by atoms with E-state index in [0.717, 1.165) is 19.5 Å². The van der Waals surface area contributed by atoms with Crippen molar-refractivity contribution in [3.05, 3.63) is 12.4 Å². The van der Waals surface area contributed by atoms with E-state index in [0.29, 0.717) is 19.0 Å². The highest BCUT2D eigenvalue weighted by Crippen LogP contribution is 2.28. The van der Waals surface area contributed by atoms with Gasteiger partial charge in [0.2, 0.25) is 10.0 Å². The molecule has 0 spiro atoms. The predicted octanol–water partition coefficient (Wildman–Crippen LogP) is 0.961. The number of rotatable bonds is 9. The minimum Gasteiger partial charge on any atom is -0.315 e. The highest BCUT2D eigenvalue weighted by molar-refractivity contribution is 7.89. The number of nitrogens with zero attached hydrogens (tertiary/aromatic N) is 2. The Morgan fingerprint density at radius 2 is 2.20 bits per heavy atom. The third-order valence-electron chi connectivity index (χ3n) is 3.76. The summed E-state index contributed by atoms with van der Waals surface area (Å²) in [5.41, 5.74) is 0. The molecule has 6 nitrogen and oxygen atoms in total. The molecule has 0 aliphatic heterocycles. The Morgan fingerprint density at radius 1 is 1.40 bits per heavy atom. The van der Waals surface area contributed by atoms with E-state index in [-0.39, 0.29) is 4.90 Å². The minimum absolute atomic E-state index is 0.252. The molecule has 1 fully saturated rings. The normalized spacial score (nSPS) is 16.2. The Kier molecular flexibility index (Phi) is 5.56. The van der Waals surface area contributed by atoms with E-state index in [1.165, 1.54) is 25.5 Å². The monoisotopic (exact) mass is 300 g/mol. The van der Waals surface area contributed by atoms with Crippen LogP contribution in [0.4, 0.5) is 0 Å². The van der Waals surface area contributed by atoms with Crippen LogP contribution in [-0.4, -0.2) is 37.8 Å². The Balaban J connectivity index is 1.81. The Hall–Kier alpha value is -0.920. The highest BCUT2D eigenvalue weighted by atomic mass is 32.2. The summed E-state index contributed by atoms with van der Waals surface area (Å²) < 4.78 is 28.5. The summed E-state index contributed by atoms with van der Waals surface area (Å²) in [5.74, 6) is 0.709. The fourth-order valence-electron chi connectivity index (χ4n) is 2.24. The van der Waals surface area contributed by atoms with Gasteiger partial charge in [-0.15, -0.1) is 0 Å². The second kappa shape index (κ2) is 7.19. The average Bonchev–Trinajstić information content (AvgIpc) is 2.82. The molecule has 1 aromatic rings. The van der Waals surface area contributed by atoms with Crippen molar-refractivity contribution in [2.75, 3.05) is 19.6 Å². The van der Waals surface area contributed by atoms with Crippen LogP contribution in [0, 0.1) is 5.92 Å². The van der Waals surface area contributed by atoms with Gasteiger partial charge in [0.05, 0.1) is 12.7 Å². The SMILES string of the molecule is CCNCCn1cc(S(=O)(=O)NCCC2CCC2)cn1. The van der Waals surface area contributed by atoms with Gasteiger partial charge in [-0.05, 0) is 18.9 Å². The maximum absolute atomic E-state index is 12.1. The first-order valence-corrected chi connectivity index (χ1v) is 8.83. The molecule has 1 heterocycles. The molecule has 20 heavy (non-hydrogen) atoms. The second-order valence-corrected chi connectivity index (χ2v) is 7.04. The van der Waals surface area contributed by atoms with Gasteiger partial charge in [-0.1, -0.05) is 26.2 Å². The summed E-state index contributed by atoms with van der Waals surface area (Å²) in [6.07, 6.45) is 7.71. The van der Waals surface area contributed by atoms with E-state index in [2.05, 4.69) is 15.1 Å². The Bertz CT molecular complexity index is 508. The van der Waals surface area contributed by atoms with E-state index in [1.54, 1.807) is 10.9 Å². The molecule has 7 heteroatoms.